The van der Waals surface area contributed by atoms with Crippen LogP contribution >= 0.6 is 11.8 Å². The van der Waals surface area contributed by atoms with Crippen molar-refractivity contribution in [1.29, 1.82) is 0 Å². The van der Waals surface area contributed by atoms with Gasteiger partial charge in [0.05, 0.1) is 24.1 Å². The van der Waals surface area contributed by atoms with E-state index in [1.807, 2.05) is 6.26 Å². The molecule has 112 valence electrons. The van der Waals surface area contributed by atoms with Gasteiger partial charge in [-0.25, -0.2) is 9.97 Å². The lowest BCUT2D eigenvalue weighted by atomic mass is 10.2. The summed E-state index contributed by atoms with van der Waals surface area (Å²) in [6, 6.07) is 3.21. The fraction of sp³-hybridized carbons (Fsp3) is 0.357. The molecule has 1 amide bonds. The van der Waals surface area contributed by atoms with Gasteiger partial charge in [0, 0.05) is 6.04 Å². The minimum atomic E-state index is -0.323. The van der Waals surface area contributed by atoms with E-state index in [1.54, 1.807) is 32.2 Å². The van der Waals surface area contributed by atoms with Crippen molar-refractivity contribution in [2.24, 2.45) is 0 Å². The zero-order valence-electron chi connectivity index (χ0n) is 12.1. The molecule has 0 aliphatic rings. The molecule has 0 radical (unpaired) electrons. The predicted molar refractivity (Wildman–Crippen MR) is 80.3 cm³/mol. The van der Waals surface area contributed by atoms with Crippen LogP contribution in [0, 0.1) is 6.92 Å². The molecule has 1 atom stereocenters. The lowest BCUT2D eigenvalue weighted by Gasteiger charge is -2.14. The topological polar surface area (TPSA) is 88.2 Å². The number of carbonyl (C=O) groups excluding carboxylic acids is 1. The van der Waals surface area contributed by atoms with Crippen LogP contribution < -0.4 is 5.32 Å². The van der Waals surface area contributed by atoms with Gasteiger partial charge >= 0.3 is 0 Å². The van der Waals surface area contributed by atoms with E-state index in [2.05, 4.69) is 15.3 Å². The van der Waals surface area contributed by atoms with E-state index in [0.717, 1.165) is 0 Å². The third-order valence-electron chi connectivity index (χ3n) is 2.87. The summed E-state index contributed by atoms with van der Waals surface area (Å²) in [5.41, 5.74) is 1.00. The molecule has 0 aliphatic heterocycles. The number of furan rings is 1. The SMILES string of the molecule is CSc1nc(-c2ccco2)nc(C)c1C(=O)NC(C)CO. The van der Waals surface area contributed by atoms with E-state index in [0.29, 0.717) is 27.9 Å². The Morgan fingerprint density at radius 3 is 2.86 bits per heavy atom. The first-order valence-corrected chi connectivity index (χ1v) is 7.67. The van der Waals surface area contributed by atoms with Crippen LogP contribution in [0.25, 0.3) is 11.6 Å². The van der Waals surface area contributed by atoms with Gasteiger partial charge in [0.2, 0.25) is 0 Å². The average molecular weight is 307 g/mol. The Balaban J connectivity index is 2.40. The molecule has 21 heavy (non-hydrogen) atoms. The number of aromatic nitrogens is 2. The first-order chi connectivity index (χ1) is 10.1. The standard InChI is InChI=1S/C14H17N3O3S/c1-8(7-18)15-13(19)11-9(2)16-12(17-14(11)21-3)10-5-4-6-20-10/h4-6,8,18H,7H2,1-3H3,(H,15,19). The molecule has 0 spiro atoms. The number of hydrogen-bond acceptors (Lipinski definition) is 6. The van der Waals surface area contributed by atoms with E-state index >= 15 is 0 Å². The van der Waals surface area contributed by atoms with E-state index in [1.165, 1.54) is 11.8 Å². The highest BCUT2D eigenvalue weighted by atomic mass is 32.2. The van der Waals surface area contributed by atoms with Gasteiger partial charge in [-0.1, -0.05) is 0 Å². The molecule has 2 aromatic rings. The Labute approximate surface area is 127 Å². The summed E-state index contributed by atoms with van der Waals surface area (Å²) in [6.07, 6.45) is 3.40. The van der Waals surface area contributed by atoms with Crippen LogP contribution in [0.5, 0.6) is 0 Å². The van der Waals surface area contributed by atoms with Crippen LogP contribution in [-0.4, -0.2) is 39.9 Å². The van der Waals surface area contributed by atoms with Gasteiger partial charge in [-0.05, 0) is 32.2 Å². The molecule has 0 bridgehead atoms. The van der Waals surface area contributed by atoms with E-state index in [4.69, 9.17) is 9.52 Å². The van der Waals surface area contributed by atoms with E-state index < -0.39 is 0 Å². The maximum Gasteiger partial charge on any atom is 0.256 e. The summed E-state index contributed by atoms with van der Waals surface area (Å²) >= 11 is 1.37. The highest BCUT2D eigenvalue weighted by Gasteiger charge is 2.20. The Hall–Kier alpha value is -1.86. The fourth-order valence-electron chi connectivity index (χ4n) is 1.81. The Kier molecular flexibility index (Phi) is 4.98. The summed E-state index contributed by atoms with van der Waals surface area (Å²) in [4.78, 5) is 21.0. The van der Waals surface area contributed by atoms with Crippen molar-refractivity contribution >= 4 is 17.7 Å². The number of aliphatic hydroxyl groups excluding tert-OH is 1. The second-order valence-corrected chi connectivity index (χ2v) is 5.35. The van der Waals surface area contributed by atoms with E-state index in [-0.39, 0.29) is 18.6 Å². The smallest absolute Gasteiger partial charge is 0.256 e. The largest absolute Gasteiger partial charge is 0.461 e. The predicted octanol–water partition coefficient (Wildman–Crippen LogP) is 1.88. The number of nitrogens with zero attached hydrogens (tertiary/aromatic N) is 2. The molecule has 2 aromatic heterocycles. The molecule has 2 N–H and O–H groups in total. The van der Waals surface area contributed by atoms with Gasteiger partial charge in [-0.2, -0.15) is 0 Å². The van der Waals surface area contributed by atoms with E-state index in [9.17, 15) is 4.79 Å². The number of aryl methyl sites for hydroxylation is 1. The minimum absolute atomic E-state index is 0.120. The molecule has 0 saturated heterocycles. The summed E-state index contributed by atoms with van der Waals surface area (Å²) in [5, 5.41) is 12.3. The first-order valence-electron chi connectivity index (χ1n) is 6.45. The highest BCUT2D eigenvalue weighted by molar-refractivity contribution is 7.98. The lowest BCUT2D eigenvalue weighted by molar-refractivity contribution is 0.0917. The van der Waals surface area contributed by atoms with Crippen LogP contribution in [0.4, 0.5) is 0 Å². The summed E-state index contributed by atoms with van der Waals surface area (Å²) in [5.74, 6) is 0.724. The third kappa shape index (κ3) is 3.43. The van der Waals surface area contributed by atoms with Crippen molar-refractivity contribution in [3.8, 4) is 11.6 Å². The van der Waals surface area contributed by atoms with Gasteiger partial charge < -0.3 is 14.8 Å². The molecule has 0 saturated carbocycles. The second-order valence-electron chi connectivity index (χ2n) is 4.55. The Morgan fingerprint density at radius 2 is 2.29 bits per heavy atom. The van der Waals surface area contributed by atoms with Crippen LogP contribution in [0.3, 0.4) is 0 Å². The summed E-state index contributed by atoms with van der Waals surface area (Å²) in [7, 11) is 0. The van der Waals surface area contributed by atoms with Gasteiger partial charge in [0.1, 0.15) is 5.03 Å². The number of rotatable bonds is 5. The monoisotopic (exact) mass is 307 g/mol. The van der Waals surface area contributed by atoms with Crippen LogP contribution in [0.2, 0.25) is 0 Å². The van der Waals surface area contributed by atoms with Crippen molar-refractivity contribution in [3.63, 3.8) is 0 Å². The molecular weight excluding hydrogens is 290 g/mol. The van der Waals surface area contributed by atoms with Crippen molar-refractivity contribution in [1.82, 2.24) is 15.3 Å². The Bertz CT molecular complexity index is 629. The fourth-order valence-corrected chi connectivity index (χ4v) is 2.44. The third-order valence-corrected chi connectivity index (χ3v) is 3.55. The van der Waals surface area contributed by atoms with Gasteiger partial charge in [-0.15, -0.1) is 11.8 Å². The lowest BCUT2D eigenvalue weighted by Crippen LogP contribution is -2.36. The second kappa shape index (κ2) is 6.73. The zero-order chi connectivity index (χ0) is 15.4. The maximum atomic E-state index is 12.3. The van der Waals surface area contributed by atoms with Crippen molar-refractivity contribution < 1.29 is 14.3 Å². The quantitative estimate of drug-likeness (QED) is 0.647. The molecule has 0 aromatic carbocycles. The van der Waals surface area contributed by atoms with Crippen molar-refractivity contribution in [2.75, 3.05) is 12.9 Å². The Morgan fingerprint density at radius 1 is 1.52 bits per heavy atom. The molecule has 2 heterocycles. The molecular formula is C14H17N3O3S. The summed E-state index contributed by atoms with van der Waals surface area (Å²) in [6.45, 7) is 3.36. The molecule has 0 aliphatic carbocycles. The van der Waals surface area contributed by atoms with Crippen molar-refractivity contribution in [2.45, 2.75) is 24.9 Å². The molecule has 6 nitrogen and oxygen atoms in total. The molecule has 1 unspecified atom stereocenters. The van der Waals surface area contributed by atoms with Gasteiger partial charge in [0.25, 0.3) is 5.91 Å². The number of aliphatic hydroxyl groups is 1. The average Bonchev–Trinajstić information content (AvgIpc) is 3.00. The number of amides is 1. The number of thioether (sulfide) groups is 1. The minimum Gasteiger partial charge on any atom is -0.461 e. The summed E-state index contributed by atoms with van der Waals surface area (Å²) < 4.78 is 5.29. The van der Waals surface area contributed by atoms with Crippen molar-refractivity contribution in [3.05, 3.63) is 29.7 Å². The zero-order valence-corrected chi connectivity index (χ0v) is 12.9. The van der Waals surface area contributed by atoms with Gasteiger partial charge in [-0.3, -0.25) is 4.79 Å². The number of carbonyl (C=O) groups is 1. The normalized spacial score (nSPS) is 12.2. The van der Waals surface area contributed by atoms with Gasteiger partial charge in [0.15, 0.2) is 11.6 Å². The molecule has 7 heteroatoms. The van der Waals surface area contributed by atoms with Crippen LogP contribution in [-0.2, 0) is 0 Å². The first kappa shape index (κ1) is 15.5. The maximum absolute atomic E-state index is 12.3. The van der Waals surface area contributed by atoms with Crippen LogP contribution in [0.1, 0.15) is 23.0 Å². The number of nitrogens with one attached hydrogen (secondary N) is 1. The van der Waals surface area contributed by atoms with Crippen LogP contribution in [0.15, 0.2) is 27.8 Å². The molecule has 2 rings (SSSR count). The highest BCUT2D eigenvalue weighted by Crippen LogP contribution is 2.25. The molecule has 0 fully saturated rings. The number of hydrogen-bond donors (Lipinski definition) is 2.